The minimum atomic E-state index is -4.45. The molecule has 0 atom stereocenters. The van der Waals surface area contributed by atoms with Crippen LogP contribution in [0.1, 0.15) is 31.3 Å². The van der Waals surface area contributed by atoms with Crippen LogP contribution in [-0.2, 0) is 6.18 Å². The Hall–Kier alpha value is -2.91. The fourth-order valence-corrected chi connectivity index (χ4v) is 4.80. The van der Waals surface area contributed by atoms with Gasteiger partial charge in [0, 0.05) is 42.3 Å². The highest BCUT2D eigenvalue weighted by atomic mass is 35.5. The molecule has 0 saturated carbocycles. The van der Waals surface area contributed by atoms with Crippen LogP contribution >= 0.6 is 22.9 Å². The second kappa shape index (κ2) is 9.15. The van der Waals surface area contributed by atoms with Gasteiger partial charge in [-0.25, -0.2) is 4.98 Å². The van der Waals surface area contributed by atoms with E-state index in [1.54, 1.807) is 28.9 Å². The number of carbonyl (C=O) groups is 2. The minimum absolute atomic E-state index is 0.153. The Morgan fingerprint density at radius 1 is 0.970 bits per heavy atom. The number of piperazine rings is 1. The van der Waals surface area contributed by atoms with Gasteiger partial charge in [-0.05, 0) is 43.3 Å². The molecule has 0 spiro atoms. The Kier molecular flexibility index (Phi) is 6.45. The summed E-state index contributed by atoms with van der Waals surface area (Å²) in [5.74, 6) is -0.507. The Labute approximate surface area is 197 Å². The van der Waals surface area contributed by atoms with Crippen LogP contribution in [0.4, 0.5) is 13.2 Å². The quantitative estimate of drug-likeness (QED) is 0.491. The fourth-order valence-electron chi connectivity index (χ4n) is 3.58. The zero-order valence-electron chi connectivity index (χ0n) is 17.5. The average molecular weight is 494 g/mol. The number of nitrogens with zero attached hydrogens (tertiary/aromatic N) is 3. The van der Waals surface area contributed by atoms with Crippen molar-refractivity contribution < 1.29 is 22.8 Å². The van der Waals surface area contributed by atoms with E-state index in [-0.39, 0.29) is 17.4 Å². The summed E-state index contributed by atoms with van der Waals surface area (Å²) in [6, 6.07) is 11.4. The number of benzene rings is 2. The predicted octanol–water partition coefficient (Wildman–Crippen LogP) is 5.39. The van der Waals surface area contributed by atoms with E-state index in [1.165, 1.54) is 23.5 Å². The summed E-state index contributed by atoms with van der Waals surface area (Å²) in [7, 11) is 0. The maximum absolute atomic E-state index is 13.1. The van der Waals surface area contributed by atoms with Gasteiger partial charge in [-0.2, -0.15) is 13.2 Å². The van der Waals surface area contributed by atoms with Gasteiger partial charge in [0.25, 0.3) is 11.8 Å². The van der Waals surface area contributed by atoms with E-state index in [0.29, 0.717) is 46.8 Å². The largest absolute Gasteiger partial charge is 0.416 e. The van der Waals surface area contributed by atoms with E-state index in [9.17, 15) is 22.8 Å². The first-order valence-corrected chi connectivity index (χ1v) is 11.3. The third-order valence-electron chi connectivity index (χ3n) is 5.38. The Balaban J connectivity index is 1.41. The van der Waals surface area contributed by atoms with Crippen molar-refractivity contribution in [1.82, 2.24) is 14.8 Å². The predicted molar refractivity (Wildman–Crippen MR) is 121 cm³/mol. The van der Waals surface area contributed by atoms with Crippen molar-refractivity contribution in [2.45, 2.75) is 13.1 Å². The molecule has 1 aromatic heterocycles. The first-order chi connectivity index (χ1) is 15.6. The lowest BCUT2D eigenvalue weighted by atomic mass is 10.1. The Morgan fingerprint density at radius 2 is 1.58 bits per heavy atom. The molecule has 3 aromatic rings. The lowest BCUT2D eigenvalue weighted by Crippen LogP contribution is -2.50. The maximum atomic E-state index is 13.1. The number of alkyl halides is 3. The molecule has 0 aliphatic carbocycles. The molecule has 0 N–H and O–H groups in total. The number of amides is 2. The van der Waals surface area contributed by atoms with E-state index in [4.69, 9.17) is 11.6 Å². The molecule has 5 nitrogen and oxygen atoms in total. The van der Waals surface area contributed by atoms with Crippen LogP contribution in [0.2, 0.25) is 5.02 Å². The van der Waals surface area contributed by atoms with Gasteiger partial charge >= 0.3 is 6.18 Å². The van der Waals surface area contributed by atoms with E-state index in [0.717, 1.165) is 17.7 Å². The van der Waals surface area contributed by atoms with E-state index in [2.05, 4.69) is 4.98 Å². The molecule has 1 fully saturated rings. The van der Waals surface area contributed by atoms with Crippen LogP contribution in [-0.4, -0.2) is 52.8 Å². The van der Waals surface area contributed by atoms with Gasteiger partial charge in [0.2, 0.25) is 0 Å². The molecular weight excluding hydrogens is 475 g/mol. The highest BCUT2D eigenvalue weighted by Gasteiger charge is 2.31. The SMILES string of the molecule is Cc1nc(-c2cccc(Cl)c2)sc1C(=O)N1CCN(C(=O)c2ccc(C(F)(F)F)cc2)CC1. The summed E-state index contributed by atoms with van der Waals surface area (Å²) < 4.78 is 38.2. The highest BCUT2D eigenvalue weighted by molar-refractivity contribution is 7.17. The Bertz CT molecular complexity index is 1190. The lowest BCUT2D eigenvalue weighted by Gasteiger charge is -2.34. The van der Waals surface area contributed by atoms with Gasteiger partial charge in [0.15, 0.2) is 0 Å². The van der Waals surface area contributed by atoms with Crippen LogP contribution < -0.4 is 0 Å². The molecule has 0 unspecified atom stereocenters. The molecule has 2 heterocycles. The molecule has 1 saturated heterocycles. The molecule has 1 aliphatic rings. The summed E-state index contributed by atoms with van der Waals surface area (Å²) in [6.45, 7) is 3.03. The average Bonchev–Trinajstić information content (AvgIpc) is 3.19. The van der Waals surface area contributed by atoms with Gasteiger partial charge in [0.05, 0.1) is 11.3 Å². The number of thiazole rings is 1. The van der Waals surface area contributed by atoms with Crippen molar-refractivity contribution in [3.63, 3.8) is 0 Å². The highest BCUT2D eigenvalue weighted by Crippen LogP contribution is 2.31. The van der Waals surface area contributed by atoms with Gasteiger partial charge in [0.1, 0.15) is 9.88 Å². The van der Waals surface area contributed by atoms with Crippen LogP contribution in [0.25, 0.3) is 10.6 Å². The third-order valence-corrected chi connectivity index (χ3v) is 6.81. The van der Waals surface area contributed by atoms with Crippen LogP contribution in [0.3, 0.4) is 0 Å². The molecule has 4 rings (SSSR count). The van der Waals surface area contributed by atoms with Crippen molar-refractivity contribution in [2.75, 3.05) is 26.2 Å². The molecular formula is C23H19ClF3N3O2S. The molecule has 1 aliphatic heterocycles. The normalized spacial score (nSPS) is 14.5. The van der Waals surface area contributed by atoms with Crippen molar-refractivity contribution in [1.29, 1.82) is 0 Å². The summed E-state index contributed by atoms with van der Waals surface area (Å²) in [4.78, 5) is 34.0. The van der Waals surface area contributed by atoms with Gasteiger partial charge in [-0.15, -0.1) is 11.3 Å². The second-order valence-corrected chi connectivity index (χ2v) is 9.04. The number of hydrogen-bond donors (Lipinski definition) is 0. The fraction of sp³-hybridized carbons (Fsp3) is 0.261. The number of hydrogen-bond acceptors (Lipinski definition) is 4. The van der Waals surface area contributed by atoms with E-state index < -0.39 is 11.7 Å². The second-order valence-electron chi connectivity index (χ2n) is 7.60. The topological polar surface area (TPSA) is 53.5 Å². The molecule has 10 heteroatoms. The molecule has 0 radical (unpaired) electrons. The van der Waals surface area contributed by atoms with Crippen LogP contribution in [0.5, 0.6) is 0 Å². The smallest absolute Gasteiger partial charge is 0.335 e. The number of aromatic nitrogens is 1. The summed E-state index contributed by atoms with van der Waals surface area (Å²) in [5, 5.41) is 1.29. The first kappa shape index (κ1) is 23.3. The number of carbonyl (C=O) groups excluding carboxylic acids is 2. The molecule has 172 valence electrons. The van der Waals surface area contributed by atoms with Gasteiger partial charge < -0.3 is 9.80 Å². The maximum Gasteiger partial charge on any atom is 0.416 e. The molecule has 2 aromatic carbocycles. The third kappa shape index (κ3) is 5.04. The van der Waals surface area contributed by atoms with Crippen molar-refractivity contribution in [3.05, 3.63) is 75.3 Å². The number of rotatable bonds is 3. The van der Waals surface area contributed by atoms with Gasteiger partial charge in [-0.1, -0.05) is 23.7 Å². The van der Waals surface area contributed by atoms with E-state index in [1.807, 2.05) is 12.1 Å². The Morgan fingerprint density at radius 3 is 2.15 bits per heavy atom. The van der Waals surface area contributed by atoms with Crippen LogP contribution in [0, 0.1) is 6.92 Å². The molecule has 2 amide bonds. The van der Waals surface area contributed by atoms with Crippen molar-refractivity contribution >= 4 is 34.8 Å². The number of aryl methyl sites for hydroxylation is 1. The summed E-state index contributed by atoms with van der Waals surface area (Å²) >= 11 is 7.35. The van der Waals surface area contributed by atoms with Gasteiger partial charge in [-0.3, -0.25) is 9.59 Å². The van der Waals surface area contributed by atoms with Crippen LogP contribution in [0.15, 0.2) is 48.5 Å². The monoisotopic (exact) mass is 493 g/mol. The molecule has 33 heavy (non-hydrogen) atoms. The zero-order valence-corrected chi connectivity index (χ0v) is 19.1. The summed E-state index contributed by atoms with van der Waals surface area (Å²) in [6.07, 6.45) is -4.45. The number of halogens is 4. The molecule has 0 bridgehead atoms. The van der Waals surface area contributed by atoms with Crippen molar-refractivity contribution in [2.24, 2.45) is 0 Å². The van der Waals surface area contributed by atoms with Crippen molar-refractivity contribution in [3.8, 4) is 10.6 Å². The minimum Gasteiger partial charge on any atom is -0.335 e. The first-order valence-electron chi connectivity index (χ1n) is 10.1. The lowest BCUT2D eigenvalue weighted by molar-refractivity contribution is -0.137. The zero-order chi connectivity index (χ0) is 23.8. The summed E-state index contributed by atoms with van der Waals surface area (Å²) in [5.41, 5.74) is 0.851. The standard InChI is InChI=1S/C23H19ClF3N3O2S/c1-14-19(33-20(28-14)16-3-2-4-18(24)13-16)22(32)30-11-9-29(10-12-30)21(31)15-5-7-17(8-6-15)23(25,26)27/h2-8,13H,9-12H2,1H3. The van der Waals surface area contributed by atoms with E-state index >= 15 is 0 Å².